The minimum Gasteiger partial charge on any atom is -0.396 e. The summed E-state index contributed by atoms with van der Waals surface area (Å²) in [7, 11) is 0. The highest BCUT2D eigenvalue weighted by molar-refractivity contribution is 5.96. The number of rotatable bonds is 4. The number of likely N-dealkylation sites (tertiary alicyclic amines) is 1. The first-order valence-corrected chi connectivity index (χ1v) is 7.80. The highest BCUT2D eigenvalue weighted by Gasteiger charge is 2.27. The minimum atomic E-state index is 0.0856. The second-order valence-electron chi connectivity index (χ2n) is 5.91. The van der Waals surface area contributed by atoms with Gasteiger partial charge in [0, 0.05) is 31.2 Å². The van der Waals surface area contributed by atoms with Gasteiger partial charge in [-0.15, -0.1) is 0 Å². The van der Waals surface area contributed by atoms with Crippen molar-refractivity contribution in [1.29, 1.82) is 0 Å². The molecule has 22 heavy (non-hydrogen) atoms. The molecule has 114 valence electrons. The Labute approximate surface area is 131 Å². The molecule has 2 aromatic rings. The summed E-state index contributed by atoms with van der Waals surface area (Å²) in [5.74, 6) is 0.313. The molecule has 1 fully saturated rings. The topological polar surface area (TPSA) is 40.5 Å². The molecule has 3 nitrogen and oxygen atoms in total. The van der Waals surface area contributed by atoms with E-state index >= 15 is 0 Å². The van der Waals surface area contributed by atoms with E-state index < -0.39 is 0 Å². The molecular formula is C19H21NO2. The number of hydrogen-bond acceptors (Lipinski definition) is 2. The average Bonchev–Trinajstić information content (AvgIpc) is 3.05. The van der Waals surface area contributed by atoms with Gasteiger partial charge in [-0.05, 0) is 30.0 Å². The highest BCUT2D eigenvalue weighted by atomic mass is 16.3. The fourth-order valence-corrected chi connectivity index (χ4v) is 3.04. The van der Waals surface area contributed by atoms with Crippen LogP contribution in [-0.4, -0.2) is 35.6 Å². The average molecular weight is 295 g/mol. The summed E-state index contributed by atoms with van der Waals surface area (Å²) in [6.07, 6.45) is 1.66. The molecule has 1 saturated heterocycles. The second-order valence-corrected chi connectivity index (χ2v) is 5.91. The molecule has 0 saturated carbocycles. The lowest BCUT2D eigenvalue weighted by Crippen LogP contribution is -2.30. The summed E-state index contributed by atoms with van der Waals surface area (Å²) in [6, 6.07) is 18.0. The lowest BCUT2D eigenvalue weighted by molar-refractivity contribution is 0.0781. The van der Waals surface area contributed by atoms with Crippen molar-refractivity contribution in [3.63, 3.8) is 0 Å². The fraction of sp³-hybridized carbons (Fsp3) is 0.316. The van der Waals surface area contributed by atoms with Gasteiger partial charge in [0.1, 0.15) is 0 Å². The first kappa shape index (κ1) is 14.8. The Hall–Kier alpha value is -2.13. The normalized spacial score (nSPS) is 17.7. The highest BCUT2D eigenvalue weighted by Crippen LogP contribution is 2.21. The van der Waals surface area contributed by atoms with Crippen LogP contribution in [0.2, 0.25) is 0 Å². The van der Waals surface area contributed by atoms with E-state index in [0.29, 0.717) is 6.54 Å². The van der Waals surface area contributed by atoms with Gasteiger partial charge in [-0.3, -0.25) is 4.79 Å². The lowest BCUT2D eigenvalue weighted by Gasteiger charge is -2.18. The Balaban J connectivity index is 1.80. The van der Waals surface area contributed by atoms with Gasteiger partial charge in [0.05, 0.1) is 0 Å². The number of aliphatic hydroxyl groups is 1. The van der Waals surface area contributed by atoms with Gasteiger partial charge in [-0.25, -0.2) is 0 Å². The number of hydrogen-bond donors (Lipinski definition) is 1. The number of aliphatic hydroxyl groups excluding tert-OH is 1. The first-order chi connectivity index (χ1) is 10.8. The number of carbonyl (C=O) groups is 1. The van der Waals surface area contributed by atoms with Gasteiger partial charge in [0.25, 0.3) is 5.91 Å². The summed E-state index contributed by atoms with van der Waals surface area (Å²) in [6.45, 7) is 1.56. The van der Waals surface area contributed by atoms with E-state index in [9.17, 15) is 9.90 Å². The van der Waals surface area contributed by atoms with Crippen LogP contribution in [0.15, 0.2) is 54.6 Å². The summed E-state index contributed by atoms with van der Waals surface area (Å²) in [4.78, 5) is 14.6. The van der Waals surface area contributed by atoms with Crippen LogP contribution in [-0.2, 0) is 6.42 Å². The Kier molecular flexibility index (Phi) is 4.54. The van der Waals surface area contributed by atoms with Crippen LogP contribution in [0.25, 0.3) is 0 Å². The predicted octanol–water partition coefficient (Wildman–Crippen LogP) is 2.73. The quantitative estimate of drug-likeness (QED) is 0.942. The van der Waals surface area contributed by atoms with E-state index in [1.807, 2.05) is 47.4 Å². The van der Waals surface area contributed by atoms with Crippen molar-refractivity contribution in [2.75, 3.05) is 19.7 Å². The van der Waals surface area contributed by atoms with Crippen LogP contribution in [0.5, 0.6) is 0 Å². The molecule has 0 radical (unpaired) electrons. The molecule has 1 aliphatic heterocycles. The Morgan fingerprint density at radius 3 is 2.55 bits per heavy atom. The van der Waals surface area contributed by atoms with Crippen LogP contribution in [0.1, 0.15) is 27.9 Å². The van der Waals surface area contributed by atoms with Crippen molar-refractivity contribution in [2.45, 2.75) is 12.8 Å². The summed E-state index contributed by atoms with van der Waals surface area (Å²) in [5, 5.41) is 9.25. The van der Waals surface area contributed by atoms with Crippen LogP contribution in [0.4, 0.5) is 0 Å². The number of carbonyl (C=O) groups excluding carboxylic acids is 1. The smallest absolute Gasteiger partial charge is 0.254 e. The van der Waals surface area contributed by atoms with Crippen LogP contribution in [0.3, 0.4) is 0 Å². The van der Waals surface area contributed by atoms with Gasteiger partial charge in [0.2, 0.25) is 0 Å². The van der Waals surface area contributed by atoms with Gasteiger partial charge < -0.3 is 10.0 Å². The zero-order valence-corrected chi connectivity index (χ0v) is 12.6. The van der Waals surface area contributed by atoms with Crippen molar-refractivity contribution in [1.82, 2.24) is 4.90 Å². The standard InChI is InChI=1S/C19H21NO2/c21-14-16-10-11-20(13-16)19(22)18-9-5-4-8-17(18)12-15-6-2-1-3-7-15/h1-9,16,21H,10-14H2. The van der Waals surface area contributed by atoms with Crippen LogP contribution in [0, 0.1) is 5.92 Å². The molecule has 0 spiro atoms. The van der Waals surface area contributed by atoms with E-state index in [-0.39, 0.29) is 18.4 Å². The second kappa shape index (κ2) is 6.75. The van der Waals surface area contributed by atoms with E-state index in [2.05, 4.69) is 12.1 Å². The van der Waals surface area contributed by atoms with Crippen molar-refractivity contribution in [3.05, 3.63) is 71.3 Å². The van der Waals surface area contributed by atoms with Gasteiger partial charge in [-0.2, -0.15) is 0 Å². The third-order valence-electron chi connectivity index (χ3n) is 4.32. The lowest BCUT2D eigenvalue weighted by atomic mass is 9.99. The molecule has 3 rings (SSSR count). The Bertz CT molecular complexity index is 639. The van der Waals surface area contributed by atoms with E-state index in [1.54, 1.807) is 0 Å². The Morgan fingerprint density at radius 2 is 1.82 bits per heavy atom. The van der Waals surface area contributed by atoms with Crippen molar-refractivity contribution in [2.24, 2.45) is 5.92 Å². The van der Waals surface area contributed by atoms with Crippen LogP contribution < -0.4 is 0 Å². The number of benzene rings is 2. The van der Waals surface area contributed by atoms with Gasteiger partial charge in [0.15, 0.2) is 0 Å². The van der Waals surface area contributed by atoms with E-state index in [0.717, 1.165) is 30.5 Å². The van der Waals surface area contributed by atoms with Crippen molar-refractivity contribution < 1.29 is 9.90 Å². The molecular weight excluding hydrogens is 274 g/mol. The number of nitrogens with zero attached hydrogens (tertiary/aromatic N) is 1. The zero-order chi connectivity index (χ0) is 15.4. The maximum absolute atomic E-state index is 12.8. The van der Waals surface area contributed by atoms with Crippen molar-refractivity contribution in [3.8, 4) is 0 Å². The molecule has 1 aliphatic rings. The summed E-state index contributed by atoms with van der Waals surface area (Å²) in [5.41, 5.74) is 3.05. The molecule has 2 aromatic carbocycles. The number of amides is 1. The maximum atomic E-state index is 12.8. The monoisotopic (exact) mass is 295 g/mol. The predicted molar refractivity (Wildman–Crippen MR) is 86.8 cm³/mol. The van der Waals surface area contributed by atoms with Crippen molar-refractivity contribution >= 4 is 5.91 Å². The third kappa shape index (κ3) is 3.20. The largest absolute Gasteiger partial charge is 0.396 e. The molecule has 1 heterocycles. The maximum Gasteiger partial charge on any atom is 0.254 e. The zero-order valence-electron chi connectivity index (χ0n) is 12.6. The first-order valence-electron chi connectivity index (χ1n) is 7.80. The molecule has 1 N–H and O–H groups in total. The molecule has 0 bridgehead atoms. The molecule has 1 unspecified atom stereocenters. The fourth-order valence-electron chi connectivity index (χ4n) is 3.04. The van der Waals surface area contributed by atoms with Gasteiger partial charge in [-0.1, -0.05) is 48.5 Å². The van der Waals surface area contributed by atoms with E-state index in [4.69, 9.17) is 0 Å². The van der Waals surface area contributed by atoms with Crippen LogP contribution >= 0.6 is 0 Å². The molecule has 0 aliphatic carbocycles. The molecule has 1 amide bonds. The SMILES string of the molecule is O=C(c1ccccc1Cc1ccccc1)N1CCC(CO)C1. The molecule has 0 aromatic heterocycles. The minimum absolute atomic E-state index is 0.0856. The summed E-state index contributed by atoms with van der Waals surface area (Å²) >= 11 is 0. The van der Waals surface area contributed by atoms with Gasteiger partial charge >= 0.3 is 0 Å². The molecule has 3 heteroatoms. The molecule has 1 atom stereocenters. The van der Waals surface area contributed by atoms with E-state index in [1.165, 1.54) is 5.56 Å². The summed E-state index contributed by atoms with van der Waals surface area (Å²) < 4.78 is 0. The Morgan fingerprint density at radius 1 is 1.09 bits per heavy atom. The third-order valence-corrected chi connectivity index (χ3v) is 4.32.